The van der Waals surface area contributed by atoms with Crippen LogP contribution in [-0.4, -0.2) is 56.4 Å². The lowest BCUT2D eigenvalue weighted by atomic mass is 9.82. The molecule has 1 saturated heterocycles. The molecule has 0 spiro atoms. The van der Waals surface area contributed by atoms with Gasteiger partial charge in [0.2, 0.25) is 0 Å². The quantitative estimate of drug-likeness (QED) is 0.234. The highest BCUT2D eigenvalue weighted by Gasteiger charge is 2.36. The number of pyridine rings is 1. The maximum atomic E-state index is 14.6. The molecule has 272 valence electrons. The topological polar surface area (TPSA) is 118 Å². The van der Waals surface area contributed by atoms with Crippen molar-refractivity contribution in [2.24, 2.45) is 9.78 Å². The molecule has 1 aliphatic rings. The maximum absolute atomic E-state index is 14.6. The Bertz CT molecular complexity index is 1820. The first kappa shape index (κ1) is 39.0. The molecule has 0 radical (unpaired) electrons. The Morgan fingerprint density at radius 1 is 0.960 bits per heavy atom. The van der Waals surface area contributed by atoms with E-state index < -0.39 is 39.1 Å². The summed E-state index contributed by atoms with van der Waals surface area (Å²) < 4.78 is 43.9. The van der Waals surface area contributed by atoms with E-state index in [9.17, 15) is 23.3 Å². The number of piperidine rings is 1. The number of halogens is 1. The van der Waals surface area contributed by atoms with Crippen LogP contribution in [0.2, 0.25) is 0 Å². The van der Waals surface area contributed by atoms with Gasteiger partial charge in [0.15, 0.2) is 6.10 Å². The smallest absolute Gasteiger partial charge is 0.442 e. The molecular formula is C39H52FN3O6S. The average molecular weight is 710 g/mol. The lowest BCUT2D eigenvalue weighted by Gasteiger charge is -2.41. The third-order valence-corrected chi connectivity index (χ3v) is 10.9. The molecule has 1 amide bonds. The Kier molecular flexibility index (Phi) is 11.5. The van der Waals surface area contributed by atoms with Crippen molar-refractivity contribution in [2.45, 2.75) is 111 Å². The highest BCUT2D eigenvalue weighted by molar-refractivity contribution is 7.94. The molecule has 1 aliphatic heterocycles. The fourth-order valence-corrected chi connectivity index (χ4v) is 7.90. The molecule has 1 fully saturated rings. The van der Waals surface area contributed by atoms with Gasteiger partial charge in [0.05, 0.1) is 21.0 Å². The second-order valence-electron chi connectivity index (χ2n) is 15.8. The fraction of sp³-hybridized carbons (Fsp3) is 0.513. The first-order chi connectivity index (χ1) is 23.1. The Morgan fingerprint density at radius 2 is 1.54 bits per heavy atom. The van der Waals surface area contributed by atoms with Gasteiger partial charge in [-0.15, -0.1) is 4.36 Å². The lowest BCUT2D eigenvalue weighted by Crippen LogP contribution is -2.39. The van der Waals surface area contributed by atoms with Crippen molar-refractivity contribution in [3.63, 3.8) is 0 Å². The van der Waals surface area contributed by atoms with Crippen molar-refractivity contribution < 1.29 is 32.8 Å². The third kappa shape index (κ3) is 9.90. The maximum Gasteiger partial charge on any atom is 0.442 e. The average Bonchev–Trinajstić information content (AvgIpc) is 2.98. The van der Waals surface area contributed by atoms with Crippen LogP contribution in [0.3, 0.4) is 0 Å². The van der Waals surface area contributed by atoms with Crippen LogP contribution in [0.5, 0.6) is 0 Å². The number of nitrogens with zero attached hydrogens (tertiary/aromatic N) is 3. The predicted octanol–water partition coefficient (Wildman–Crippen LogP) is 9.08. The Hall–Kier alpha value is -3.83. The molecule has 50 heavy (non-hydrogen) atoms. The molecule has 3 aromatic rings. The fourth-order valence-electron chi connectivity index (χ4n) is 6.11. The molecule has 2 unspecified atom stereocenters. The number of carboxylic acids is 1. The molecule has 2 heterocycles. The van der Waals surface area contributed by atoms with E-state index >= 15 is 0 Å². The van der Waals surface area contributed by atoms with E-state index in [4.69, 9.17) is 14.5 Å². The van der Waals surface area contributed by atoms with Crippen LogP contribution in [-0.2, 0) is 30.4 Å². The number of rotatable bonds is 9. The van der Waals surface area contributed by atoms with Crippen molar-refractivity contribution in [3.8, 4) is 11.1 Å². The van der Waals surface area contributed by atoms with Crippen LogP contribution < -0.4 is 4.90 Å². The van der Waals surface area contributed by atoms with Gasteiger partial charge in [-0.1, -0.05) is 38.1 Å². The van der Waals surface area contributed by atoms with Gasteiger partial charge in [-0.05, 0) is 115 Å². The standard InChI is InChI=1S/C39H52FN3O6S/c1-25-31(33(43-22-20-39(9,10)21-23-43)32(26(2)41-25)34(35(44)45)48-37(3,4)5)28-13-17-30(18-14-28)50(47,42-36(46)49-38(6,7)8)24-19-27-11-15-29(40)16-12-27/h11-18,34H,19-24H2,1-10H3,(H,44,45). The number of hydrogen-bond acceptors (Lipinski definition) is 7. The Morgan fingerprint density at radius 3 is 2.06 bits per heavy atom. The van der Waals surface area contributed by atoms with Crippen molar-refractivity contribution in [3.05, 3.63) is 76.9 Å². The number of anilines is 1. The Balaban J connectivity index is 1.87. The number of ether oxygens (including phenoxy) is 2. The molecule has 1 aromatic heterocycles. The summed E-state index contributed by atoms with van der Waals surface area (Å²) in [6, 6.07) is 12.9. The van der Waals surface area contributed by atoms with Crippen molar-refractivity contribution in [1.29, 1.82) is 0 Å². The van der Waals surface area contributed by atoms with Crippen molar-refractivity contribution >= 4 is 27.5 Å². The van der Waals surface area contributed by atoms with E-state index in [1.54, 1.807) is 45.0 Å². The summed E-state index contributed by atoms with van der Waals surface area (Å²) in [4.78, 5) is 33.2. The van der Waals surface area contributed by atoms with Gasteiger partial charge in [-0.25, -0.2) is 18.2 Å². The monoisotopic (exact) mass is 709 g/mol. The van der Waals surface area contributed by atoms with Gasteiger partial charge in [0.25, 0.3) is 0 Å². The van der Waals surface area contributed by atoms with Gasteiger partial charge in [0, 0.05) is 46.3 Å². The summed E-state index contributed by atoms with van der Waals surface area (Å²) in [6.45, 7) is 20.3. The normalized spacial score (nSPS) is 16.7. The molecule has 2 atom stereocenters. The molecule has 1 N–H and O–H groups in total. The number of benzene rings is 2. The molecule has 0 bridgehead atoms. The number of carboxylic acid groups (broad SMARTS) is 1. The van der Waals surface area contributed by atoms with Gasteiger partial charge >= 0.3 is 12.1 Å². The van der Waals surface area contributed by atoms with Crippen LogP contribution in [0.15, 0.2) is 57.8 Å². The minimum atomic E-state index is -3.33. The number of aromatic nitrogens is 1. The van der Waals surface area contributed by atoms with E-state index in [-0.39, 0.29) is 23.4 Å². The number of aryl methyl sites for hydroxylation is 3. The molecular weight excluding hydrogens is 658 g/mol. The highest BCUT2D eigenvalue weighted by Crippen LogP contribution is 2.45. The second kappa shape index (κ2) is 14.8. The Labute approximate surface area is 296 Å². The summed E-state index contributed by atoms with van der Waals surface area (Å²) in [6.07, 6.45) is -0.0552. The number of aliphatic carboxylic acids is 1. The molecule has 9 nitrogen and oxygen atoms in total. The van der Waals surface area contributed by atoms with E-state index in [0.717, 1.165) is 48.3 Å². The molecule has 11 heteroatoms. The van der Waals surface area contributed by atoms with Crippen LogP contribution in [0.25, 0.3) is 11.1 Å². The lowest BCUT2D eigenvalue weighted by molar-refractivity contribution is -0.160. The molecule has 0 saturated carbocycles. The summed E-state index contributed by atoms with van der Waals surface area (Å²) >= 11 is 0. The second-order valence-corrected chi connectivity index (χ2v) is 18.2. The first-order valence-electron chi connectivity index (χ1n) is 17.1. The molecule has 0 aliphatic carbocycles. The number of hydrogen-bond donors (Lipinski definition) is 1. The van der Waals surface area contributed by atoms with Gasteiger partial charge in [0.1, 0.15) is 11.4 Å². The van der Waals surface area contributed by atoms with Crippen LogP contribution in [0, 0.1) is 25.1 Å². The van der Waals surface area contributed by atoms with E-state index in [2.05, 4.69) is 23.1 Å². The van der Waals surface area contributed by atoms with Crippen LogP contribution >= 0.6 is 0 Å². The van der Waals surface area contributed by atoms with Gasteiger partial charge < -0.3 is 19.5 Å². The van der Waals surface area contributed by atoms with Crippen molar-refractivity contribution in [2.75, 3.05) is 23.7 Å². The minimum absolute atomic E-state index is 0.00569. The van der Waals surface area contributed by atoms with Crippen LogP contribution in [0.4, 0.5) is 14.9 Å². The summed E-state index contributed by atoms with van der Waals surface area (Å²) in [5, 5.41) is 10.5. The molecule has 2 aromatic carbocycles. The SMILES string of the molecule is Cc1nc(C)c(C(OC(C)(C)C)C(=O)O)c(N2CCC(C)(C)CC2)c1-c1ccc(S(=O)(CCc2ccc(F)cc2)=NC(=O)OC(C)(C)C)cc1. The zero-order valence-electron chi connectivity index (χ0n) is 31.1. The van der Waals surface area contributed by atoms with Gasteiger partial charge in [-0.2, -0.15) is 0 Å². The zero-order valence-corrected chi connectivity index (χ0v) is 31.9. The zero-order chi connectivity index (χ0) is 37.2. The first-order valence-corrected chi connectivity index (χ1v) is 18.8. The number of carbonyl (C=O) groups is 2. The third-order valence-electron chi connectivity index (χ3n) is 8.68. The largest absolute Gasteiger partial charge is 0.479 e. The number of amides is 1. The van der Waals surface area contributed by atoms with E-state index in [1.807, 2.05) is 46.8 Å². The highest BCUT2D eigenvalue weighted by atomic mass is 32.2. The van der Waals surface area contributed by atoms with E-state index in [1.165, 1.54) is 12.1 Å². The summed E-state index contributed by atoms with van der Waals surface area (Å²) in [5.74, 6) is -1.47. The molecule has 4 rings (SSSR count). The van der Waals surface area contributed by atoms with Gasteiger partial charge in [-0.3, -0.25) is 4.98 Å². The van der Waals surface area contributed by atoms with Crippen LogP contribution in [0.1, 0.15) is 96.9 Å². The summed E-state index contributed by atoms with van der Waals surface area (Å²) in [5.41, 5.74) is 3.42. The van der Waals surface area contributed by atoms with E-state index in [0.29, 0.717) is 21.8 Å². The summed E-state index contributed by atoms with van der Waals surface area (Å²) in [7, 11) is -3.33. The number of carbonyl (C=O) groups excluding carboxylic acids is 1. The predicted molar refractivity (Wildman–Crippen MR) is 196 cm³/mol. The van der Waals surface area contributed by atoms with Crippen molar-refractivity contribution in [1.82, 2.24) is 4.98 Å². The minimum Gasteiger partial charge on any atom is -0.479 e.